The zero-order chi connectivity index (χ0) is 17.9. The molecule has 0 saturated carbocycles. The molecule has 124 valence electrons. The molecule has 0 radical (unpaired) electrons. The lowest BCUT2D eigenvalue weighted by molar-refractivity contribution is -0.152. The van der Waals surface area contributed by atoms with Crippen LogP contribution < -0.4 is 10.6 Å². The molecule has 1 aromatic rings. The van der Waals surface area contributed by atoms with Gasteiger partial charge in [0.25, 0.3) is 0 Å². The van der Waals surface area contributed by atoms with Crippen molar-refractivity contribution in [1.29, 1.82) is 5.26 Å². The Kier molecular flexibility index (Phi) is 5.17. The number of nitriles is 1. The van der Waals surface area contributed by atoms with Gasteiger partial charge in [-0.05, 0) is 36.5 Å². The number of esters is 1. The van der Waals surface area contributed by atoms with Crippen LogP contribution in [-0.4, -0.2) is 35.4 Å². The van der Waals surface area contributed by atoms with Crippen LogP contribution in [0.4, 0.5) is 0 Å². The zero-order valence-corrected chi connectivity index (χ0v) is 14.0. The Bertz CT molecular complexity index is 759. The highest BCUT2D eigenvalue weighted by Crippen LogP contribution is 2.28. The van der Waals surface area contributed by atoms with Gasteiger partial charge in [-0.3, -0.25) is 9.59 Å². The first-order chi connectivity index (χ1) is 11.3. The number of rotatable bonds is 4. The molecule has 24 heavy (non-hydrogen) atoms. The van der Waals surface area contributed by atoms with Gasteiger partial charge in [0, 0.05) is 17.0 Å². The molecule has 1 heterocycles. The molecule has 1 aromatic carbocycles. The molecule has 1 aliphatic heterocycles. The maximum Gasteiger partial charge on any atom is 0.334 e. The minimum absolute atomic E-state index is 0.152. The fourth-order valence-corrected chi connectivity index (χ4v) is 2.85. The quantitative estimate of drug-likeness (QED) is 0.465. The second-order valence-corrected chi connectivity index (χ2v) is 5.92. The monoisotopic (exact) mass is 365 g/mol. The van der Waals surface area contributed by atoms with Gasteiger partial charge < -0.3 is 15.4 Å². The predicted octanol–water partition coefficient (Wildman–Crippen LogP) is 0.969. The van der Waals surface area contributed by atoms with Crippen molar-refractivity contribution in [2.45, 2.75) is 12.0 Å². The van der Waals surface area contributed by atoms with Crippen LogP contribution in [0.1, 0.15) is 16.8 Å². The maximum atomic E-state index is 12.5. The van der Waals surface area contributed by atoms with Crippen molar-refractivity contribution < 1.29 is 19.1 Å². The summed E-state index contributed by atoms with van der Waals surface area (Å²) in [5, 5.41) is 14.4. The van der Waals surface area contributed by atoms with E-state index < -0.39 is 35.5 Å². The average Bonchev–Trinajstić information content (AvgIpc) is 2.54. The number of Topliss-reactive ketones (excluding diaryl/α,β-unsaturated/α-hetero) is 1. The number of nitrogens with zero attached hydrogens (tertiary/aromatic N) is 1. The number of benzene rings is 1. The van der Waals surface area contributed by atoms with E-state index in [0.717, 1.165) is 7.11 Å². The number of hydrogen-bond donors (Lipinski definition) is 2. The van der Waals surface area contributed by atoms with E-state index in [4.69, 9.17) is 28.6 Å². The first-order valence-electron chi connectivity index (χ1n) is 6.74. The van der Waals surface area contributed by atoms with Gasteiger partial charge in [0.05, 0.1) is 13.2 Å². The van der Waals surface area contributed by atoms with E-state index in [-0.39, 0.29) is 10.7 Å². The summed E-state index contributed by atoms with van der Waals surface area (Å²) < 4.78 is 4.71. The van der Waals surface area contributed by atoms with Crippen molar-refractivity contribution in [1.82, 2.24) is 10.6 Å². The second kappa shape index (κ2) is 6.95. The lowest BCUT2D eigenvalue weighted by Crippen LogP contribution is -2.70. The largest absolute Gasteiger partial charge is 0.467 e. The molecule has 2 atom stereocenters. The second-order valence-electron chi connectivity index (χ2n) is 5.08. The van der Waals surface area contributed by atoms with Crippen molar-refractivity contribution in [2.24, 2.45) is 5.92 Å². The van der Waals surface area contributed by atoms with Gasteiger partial charge in [-0.2, -0.15) is 5.26 Å². The number of ketones is 1. The van der Waals surface area contributed by atoms with Gasteiger partial charge in [0.1, 0.15) is 0 Å². The summed E-state index contributed by atoms with van der Waals surface area (Å²) in [5.41, 5.74) is -1.61. The first-order valence-corrected chi connectivity index (χ1v) is 7.52. The Labute approximate surface area is 147 Å². The Balaban J connectivity index is 2.44. The van der Waals surface area contributed by atoms with Gasteiger partial charge in [0.15, 0.2) is 22.4 Å². The van der Waals surface area contributed by atoms with Crippen LogP contribution in [0, 0.1) is 17.2 Å². The molecule has 1 fully saturated rings. The molecule has 0 aliphatic carbocycles. The van der Waals surface area contributed by atoms with Crippen LogP contribution in [0.15, 0.2) is 24.3 Å². The third kappa shape index (κ3) is 3.22. The van der Waals surface area contributed by atoms with E-state index in [1.54, 1.807) is 6.07 Å². The van der Waals surface area contributed by atoms with E-state index in [2.05, 4.69) is 10.6 Å². The van der Waals surface area contributed by atoms with E-state index in [0.29, 0.717) is 5.02 Å². The fourth-order valence-electron chi connectivity index (χ4n) is 2.44. The lowest BCUT2D eigenvalue weighted by atomic mass is 9.77. The number of methoxy groups -OCH3 is 1. The van der Waals surface area contributed by atoms with Crippen molar-refractivity contribution in [3.05, 3.63) is 34.9 Å². The molecule has 0 aromatic heterocycles. The Morgan fingerprint density at radius 3 is 2.58 bits per heavy atom. The standard InChI is InChI=1S/C15H12ClN3O4S/c1-23-13(22)15(10(7-17)12(21)18-14(24)19-15)6-11(20)8-2-4-9(16)5-3-8/h2-5,10H,6H2,1H3,(H2,18,19,21,24)/t10-,15+/m1/s1. The smallest absolute Gasteiger partial charge is 0.334 e. The van der Waals surface area contributed by atoms with Crippen LogP contribution in [0.3, 0.4) is 0 Å². The van der Waals surface area contributed by atoms with Crippen molar-refractivity contribution in [3.63, 3.8) is 0 Å². The number of carbonyl (C=O) groups is 3. The third-order valence-electron chi connectivity index (χ3n) is 3.61. The predicted molar refractivity (Wildman–Crippen MR) is 88.1 cm³/mol. The van der Waals surface area contributed by atoms with E-state index >= 15 is 0 Å². The van der Waals surface area contributed by atoms with Gasteiger partial charge >= 0.3 is 5.97 Å². The molecule has 0 spiro atoms. The number of ether oxygens (including phenoxy) is 1. The molecular formula is C15H12ClN3O4S. The van der Waals surface area contributed by atoms with Gasteiger partial charge in [0.2, 0.25) is 5.91 Å². The van der Waals surface area contributed by atoms with Crippen LogP contribution in [0.2, 0.25) is 5.02 Å². The minimum atomic E-state index is -1.89. The molecule has 0 unspecified atom stereocenters. The number of thiocarbonyl (C=S) groups is 1. The highest BCUT2D eigenvalue weighted by Gasteiger charge is 2.55. The molecule has 1 amide bonds. The highest BCUT2D eigenvalue weighted by atomic mass is 35.5. The molecule has 2 N–H and O–H groups in total. The van der Waals surface area contributed by atoms with E-state index in [1.807, 2.05) is 0 Å². The Morgan fingerprint density at radius 2 is 2.04 bits per heavy atom. The summed E-state index contributed by atoms with van der Waals surface area (Å²) in [5.74, 6) is -3.64. The minimum Gasteiger partial charge on any atom is -0.467 e. The molecule has 9 heteroatoms. The lowest BCUT2D eigenvalue weighted by Gasteiger charge is -2.38. The Morgan fingerprint density at radius 1 is 1.42 bits per heavy atom. The van der Waals surface area contributed by atoms with Crippen LogP contribution in [-0.2, 0) is 14.3 Å². The zero-order valence-electron chi connectivity index (χ0n) is 12.5. The first kappa shape index (κ1) is 17.8. The van der Waals surface area contributed by atoms with Crippen LogP contribution >= 0.6 is 23.8 Å². The number of nitrogens with one attached hydrogen (secondary N) is 2. The van der Waals surface area contributed by atoms with E-state index in [1.165, 1.54) is 24.3 Å². The molecule has 1 saturated heterocycles. The van der Waals surface area contributed by atoms with Gasteiger partial charge in [-0.25, -0.2) is 4.79 Å². The topological polar surface area (TPSA) is 108 Å². The van der Waals surface area contributed by atoms with E-state index in [9.17, 15) is 19.6 Å². The molecule has 7 nitrogen and oxygen atoms in total. The van der Waals surface area contributed by atoms with Crippen molar-refractivity contribution >= 4 is 46.6 Å². The number of hydrogen-bond acceptors (Lipinski definition) is 6. The summed E-state index contributed by atoms with van der Waals surface area (Å²) in [7, 11) is 1.10. The normalized spacial score (nSPS) is 22.8. The number of halogens is 1. The third-order valence-corrected chi connectivity index (χ3v) is 4.07. The summed E-state index contributed by atoms with van der Waals surface area (Å²) in [6.45, 7) is 0. The summed E-state index contributed by atoms with van der Waals surface area (Å²) in [6, 6.07) is 7.75. The Hall–Kier alpha value is -2.50. The van der Waals surface area contributed by atoms with Crippen molar-refractivity contribution in [2.75, 3.05) is 7.11 Å². The molecule has 1 aliphatic rings. The number of carbonyl (C=O) groups excluding carboxylic acids is 3. The summed E-state index contributed by atoms with van der Waals surface area (Å²) in [6.07, 6.45) is -0.479. The fraction of sp³-hybridized carbons (Fsp3) is 0.267. The summed E-state index contributed by atoms with van der Waals surface area (Å²) in [4.78, 5) is 36.9. The van der Waals surface area contributed by atoms with Gasteiger partial charge in [-0.15, -0.1) is 0 Å². The van der Waals surface area contributed by atoms with Crippen LogP contribution in [0.5, 0.6) is 0 Å². The average molecular weight is 366 g/mol. The highest BCUT2D eigenvalue weighted by molar-refractivity contribution is 7.80. The maximum absolute atomic E-state index is 12.5. The van der Waals surface area contributed by atoms with Crippen molar-refractivity contribution in [3.8, 4) is 6.07 Å². The SMILES string of the molecule is COC(=O)[C@@]1(CC(=O)c2ccc(Cl)cc2)NC(=S)NC(=O)[C@H]1C#N. The molecular weight excluding hydrogens is 354 g/mol. The molecule has 2 rings (SSSR count). The van der Waals surface area contributed by atoms with Crippen LogP contribution in [0.25, 0.3) is 0 Å². The molecule has 0 bridgehead atoms. The van der Waals surface area contributed by atoms with Gasteiger partial charge in [-0.1, -0.05) is 11.6 Å². The summed E-state index contributed by atoms with van der Waals surface area (Å²) >= 11 is 10.7. The number of amides is 1.